The highest BCUT2D eigenvalue weighted by Gasteiger charge is 2.27. The molecule has 0 atom stereocenters. The molecule has 6 rings (SSSR count). The SMILES string of the molecule is CC(C)COc1ccc([S+]2CCOCC2)cc1.CCOCCOCCOc1ccc([S+]2CCOCC2)cc1.CCOCCOc1ccc([S+]2CCOCC2)cc1. The van der Waals surface area contributed by atoms with Crippen LogP contribution in [0.3, 0.4) is 0 Å². The molecule has 0 aliphatic carbocycles. The summed E-state index contributed by atoms with van der Waals surface area (Å²) >= 11 is 0. The smallest absolute Gasteiger partial charge is 0.155 e. The van der Waals surface area contributed by atoms with Gasteiger partial charge in [0.25, 0.3) is 0 Å². The van der Waals surface area contributed by atoms with Crippen LogP contribution in [0.1, 0.15) is 27.7 Å². The van der Waals surface area contributed by atoms with Crippen molar-refractivity contribution in [1.82, 2.24) is 0 Å². The summed E-state index contributed by atoms with van der Waals surface area (Å²) in [6.45, 7) is 19.7. The lowest BCUT2D eigenvalue weighted by atomic mass is 10.2. The molecule has 0 unspecified atom stereocenters. The topological polar surface area (TPSA) is 83.1 Å². The van der Waals surface area contributed by atoms with Crippen molar-refractivity contribution >= 4 is 32.7 Å². The molecule has 9 nitrogen and oxygen atoms in total. The Morgan fingerprint density at radius 1 is 0.429 bits per heavy atom. The fourth-order valence-corrected chi connectivity index (χ4v) is 11.2. The lowest BCUT2D eigenvalue weighted by molar-refractivity contribution is 0.0405. The summed E-state index contributed by atoms with van der Waals surface area (Å²) < 4.78 is 49.0. The number of hydrogen-bond acceptors (Lipinski definition) is 9. The Balaban J connectivity index is 0.000000188. The Hall–Kier alpha value is -2.13. The molecule has 0 aromatic heterocycles. The van der Waals surface area contributed by atoms with Gasteiger partial charge in [0.2, 0.25) is 0 Å². The summed E-state index contributed by atoms with van der Waals surface area (Å²) in [6.07, 6.45) is 0. The molecule has 312 valence electrons. The average molecular weight is 836 g/mol. The maximum absolute atomic E-state index is 5.69. The van der Waals surface area contributed by atoms with Crippen molar-refractivity contribution in [1.29, 1.82) is 0 Å². The monoisotopic (exact) mass is 835 g/mol. The Bertz CT molecular complexity index is 1380. The number of benzene rings is 3. The van der Waals surface area contributed by atoms with E-state index in [1.165, 1.54) is 26.2 Å². The van der Waals surface area contributed by atoms with E-state index in [1.807, 2.05) is 13.8 Å². The van der Waals surface area contributed by atoms with E-state index in [1.54, 1.807) is 0 Å². The predicted molar refractivity (Wildman–Crippen MR) is 233 cm³/mol. The van der Waals surface area contributed by atoms with Gasteiger partial charge in [-0.05, 0) is 92.6 Å². The molecule has 3 fully saturated rings. The summed E-state index contributed by atoms with van der Waals surface area (Å²) in [5.74, 6) is 10.3. The molecule has 3 aromatic rings. The van der Waals surface area contributed by atoms with Gasteiger partial charge in [0, 0.05) is 45.9 Å². The molecule has 0 radical (unpaired) electrons. The standard InChI is InChI=1S/C16H25O4S.C14H21O3S.C14H21O2S/c1-2-17-7-8-18-9-10-20-15-3-5-16(6-4-15)21-13-11-19-12-14-21;1-2-15-7-8-17-13-3-5-14(6-4-13)18-11-9-16-10-12-18;1-12(2)11-16-13-3-5-14(6-4-13)17-9-7-15-8-10-17/h3-6H,2,7-14H2,1H3;3-6H,2,7-12H2,1H3;3-6,12H,7-11H2,1-2H3/q3*+1. The van der Waals surface area contributed by atoms with Gasteiger partial charge in [-0.15, -0.1) is 0 Å². The first-order valence-electron chi connectivity index (χ1n) is 20.2. The van der Waals surface area contributed by atoms with Crippen LogP contribution in [0.25, 0.3) is 0 Å². The molecule has 0 amide bonds. The molecule has 0 spiro atoms. The first kappa shape index (κ1) is 46.6. The highest BCUT2D eigenvalue weighted by Crippen LogP contribution is 2.23. The van der Waals surface area contributed by atoms with Gasteiger partial charge in [-0.1, -0.05) is 13.8 Å². The fourth-order valence-electron chi connectivity index (χ4n) is 5.67. The quantitative estimate of drug-likeness (QED) is 0.0941. The molecule has 0 bridgehead atoms. The highest BCUT2D eigenvalue weighted by atomic mass is 32.2. The second-order valence-corrected chi connectivity index (χ2v) is 20.2. The van der Waals surface area contributed by atoms with Crippen LogP contribution in [0, 0.1) is 5.92 Å². The number of rotatable bonds is 19. The molecule has 12 heteroatoms. The van der Waals surface area contributed by atoms with Crippen LogP contribution in [0.2, 0.25) is 0 Å². The Morgan fingerprint density at radius 2 is 0.732 bits per heavy atom. The maximum atomic E-state index is 5.69. The molecule has 3 aromatic carbocycles. The highest BCUT2D eigenvalue weighted by molar-refractivity contribution is 7.97. The van der Waals surface area contributed by atoms with Gasteiger partial charge in [0.05, 0.1) is 72.7 Å². The largest absolute Gasteiger partial charge is 0.493 e. The first-order chi connectivity index (χ1) is 27.6. The Morgan fingerprint density at radius 3 is 1.07 bits per heavy atom. The minimum Gasteiger partial charge on any atom is -0.493 e. The molecule has 0 saturated carbocycles. The zero-order chi connectivity index (χ0) is 39.5. The summed E-state index contributed by atoms with van der Waals surface area (Å²) in [4.78, 5) is 4.29. The van der Waals surface area contributed by atoms with Crippen LogP contribution >= 0.6 is 0 Å². The van der Waals surface area contributed by atoms with Crippen LogP contribution in [0.15, 0.2) is 87.5 Å². The zero-order valence-corrected chi connectivity index (χ0v) is 36.7. The maximum Gasteiger partial charge on any atom is 0.155 e. The van der Waals surface area contributed by atoms with Gasteiger partial charge in [-0.25, -0.2) is 0 Å². The van der Waals surface area contributed by atoms with E-state index < -0.39 is 0 Å². The molecule has 3 heterocycles. The van der Waals surface area contributed by atoms with E-state index in [9.17, 15) is 0 Å². The van der Waals surface area contributed by atoms with Crippen molar-refractivity contribution in [3.05, 3.63) is 72.8 Å². The van der Waals surface area contributed by atoms with E-state index in [0.717, 1.165) is 99.7 Å². The Labute approximate surface area is 345 Å². The fraction of sp³-hybridized carbons (Fsp3) is 0.591. The van der Waals surface area contributed by atoms with E-state index >= 15 is 0 Å². The molecule has 3 aliphatic rings. The minimum atomic E-state index is 0.352. The third kappa shape index (κ3) is 19.1. The summed E-state index contributed by atoms with van der Waals surface area (Å²) in [5.41, 5.74) is 0. The summed E-state index contributed by atoms with van der Waals surface area (Å²) in [5, 5.41) is 0. The van der Waals surface area contributed by atoms with Gasteiger partial charge < -0.3 is 42.6 Å². The predicted octanol–water partition coefficient (Wildman–Crippen LogP) is 6.96. The van der Waals surface area contributed by atoms with E-state index in [2.05, 4.69) is 86.6 Å². The molecule has 3 aliphatic heterocycles. The number of ether oxygens (including phenoxy) is 9. The molecule has 56 heavy (non-hydrogen) atoms. The molecule has 3 saturated heterocycles. The first-order valence-corrected chi connectivity index (χ1v) is 24.9. The second kappa shape index (κ2) is 29.1. The van der Waals surface area contributed by atoms with Crippen LogP contribution in [-0.2, 0) is 61.1 Å². The van der Waals surface area contributed by atoms with E-state index in [0.29, 0.717) is 78.2 Å². The van der Waals surface area contributed by atoms with Crippen LogP contribution in [0.4, 0.5) is 0 Å². The van der Waals surface area contributed by atoms with Crippen molar-refractivity contribution in [2.24, 2.45) is 5.92 Å². The molecular formula is C44H67O9S3+3. The van der Waals surface area contributed by atoms with Gasteiger partial charge in [0.1, 0.15) is 65.0 Å². The van der Waals surface area contributed by atoms with E-state index in [-0.39, 0.29) is 0 Å². The molecule has 0 N–H and O–H groups in total. The summed E-state index contributed by atoms with van der Waals surface area (Å²) in [6, 6.07) is 25.6. The van der Waals surface area contributed by atoms with Gasteiger partial charge >= 0.3 is 0 Å². The minimum absolute atomic E-state index is 0.352. The van der Waals surface area contributed by atoms with Gasteiger partial charge in [-0.3, -0.25) is 0 Å². The lowest BCUT2D eigenvalue weighted by Crippen LogP contribution is -2.26. The molecular weight excluding hydrogens is 769 g/mol. The van der Waals surface area contributed by atoms with Crippen molar-refractivity contribution in [3.8, 4) is 17.2 Å². The van der Waals surface area contributed by atoms with Gasteiger partial charge in [-0.2, -0.15) is 0 Å². The zero-order valence-electron chi connectivity index (χ0n) is 34.3. The Kier molecular flexibility index (Phi) is 24.2. The summed E-state index contributed by atoms with van der Waals surface area (Å²) in [7, 11) is 1.11. The average Bonchev–Trinajstić information content (AvgIpc) is 3.26. The second-order valence-electron chi connectivity index (χ2n) is 13.4. The number of hydrogen-bond donors (Lipinski definition) is 0. The van der Waals surface area contributed by atoms with Crippen molar-refractivity contribution in [2.75, 3.05) is 134 Å². The van der Waals surface area contributed by atoms with Gasteiger partial charge in [0.15, 0.2) is 14.7 Å². The third-order valence-corrected chi connectivity index (χ3v) is 15.4. The van der Waals surface area contributed by atoms with Crippen LogP contribution in [-0.4, -0.2) is 134 Å². The van der Waals surface area contributed by atoms with Crippen molar-refractivity contribution in [3.63, 3.8) is 0 Å². The van der Waals surface area contributed by atoms with E-state index in [4.69, 9.17) is 42.6 Å². The van der Waals surface area contributed by atoms with Crippen LogP contribution in [0.5, 0.6) is 17.2 Å². The lowest BCUT2D eigenvalue weighted by Gasteiger charge is -2.14. The van der Waals surface area contributed by atoms with Crippen LogP contribution < -0.4 is 14.2 Å². The third-order valence-electron chi connectivity index (χ3n) is 8.67. The van der Waals surface area contributed by atoms with Crippen molar-refractivity contribution in [2.45, 2.75) is 42.4 Å². The normalized spacial score (nSPS) is 16.7. The van der Waals surface area contributed by atoms with Crippen molar-refractivity contribution < 1.29 is 42.6 Å².